The first kappa shape index (κ1) is 12.6. The number of H-pyrrole nitrogens is 1. The Labute approximate surface area is 93.6 Å². The third-order valence-electron chi connectivity index (χ3n) is 2.40. The molecule has 0 aliphatic rings. The van der Waals surface area contributed by atoms with Gasteiger partial charge in [0.25, 0.3) is 5.91 Å². The zero-order chi connectivity index (χ0) is 12.1. The van der Waals surface area contributed by atoms with Crippen LogP contribution in [0.4, 0.5) is 4.39 Å². The zero-order valence-corrected chi connectivity index (χ0v) is 9.46. The number of halogens is 1. The molecule has 0 saturated heterocycles. The Hall–Kier alpha value is -1.43. The molecule has 90 valence electrons. The molecule has 1 aromatic rings. The predicted molar refractivity (Wildman–Crippen MR) is 58.3 cm³/mol. The Morgan fingerprint density at radius 2 is 2.38 bits per heavy atom. The van der Waals surface area contributed by atoms with E-state index in [0.717, 1.165) is 6.07 Å². The molecule has 0 aromatic carbocycles. The monoisotopic (exact) mass is 228 g/mol. The summed E-state index contributed by atoms with van der Waals surface area (Å²) in [5.41, 5.74) is 5.86. The second kappa shape index (κ2) is 5.60. The first-order valence-electron chi connectivity index (χ1n) is 5.25. The molecule has 0 radical (unpaired) electrons. The van der Waals surface area contributed by atoms with E-state index in [0.29, 0.717) is 18.9 Å². The fraction of sp³-hybridized carbons (Fsp3) is 0.600. The Kier molecular flexibility index (Phi) is 4.42. The summed E-state index contributed by atoms with van der Waals surface area (Å²) >= 11 is 0. The first-order chi connectivity index (χ1) is 7.50. The molecule has 1 amide bonds. The van der Waals surface area contributed by atoms with Gasteiger partial charge in [-0.3, -0.25) is 9.89 Å². The van der Waals surface area contributed by atoms with Crippen LogP contribution in [-0.2, 0) is 0 Å². The van der Waals surface area contributed by atoms with Crippen molar-refractivity contribution in [3.63, 3.8) is 0 Å². The van der Waals surface area contributed by atoms with Gasteiger partial charge in [0, 0.05) is 18.7 Å². The van der Waals surface area contributed by atoms with E-state index in [2.05, 4.69) is 15.5 Å². The Bertz CT molecular complexity index is 350. The van der Waals surface area contributed by atoms with Gasteiger partial charge in [-0.05, 0) is 12.3 Å². The van der Waals surface area contributed by atoms with Crippen LogP contribution in [-0.4, -0.2) is 28.7 Å². The minimum Gasteiger partial charge on any atom is -0.351 e. The molecule has 16 heavy (non-hydrogen) atoms. The summed E-state index contributed by atoms with van der Waals surface area (Å²) < 4.78 is 12.5. The van der Waals surface area contributed by atoms with Crippen molar-refractivity contribution in [3.8, 4) is 0 Å². The molecule has 6 heteroatoms. The maximum absolute atomic E-state index is 12.5. The lowest BCUT2D eigenvalue weighted by Gasteiger charge is -2.15. The molecule has 0 fully saturated rings. The number of hydrogen-bond donors (Lipinski definition) is 3. The van der Waals surface area contributed by atoms with Crippen molar-refractivity contribution in [3.05, 3.63) is 17.7 Å². The molecular formula is C10H17FN4O. The molecule has 1 atom stereocenters. The van der Waals surface area contributed by atoms with Crippen LogP contribution in [0.15, 0.2) is 6.07 Å². The molecule has 1 heterocycles. The minimum atomic E-state index is -0.621. The summed E-state index contributed by atoms with van der Waals surface area (Å²) in [7, 11) is 0. The molecule has 0 spiro atoms. The van der Waals surface area contributed by atoms with E-state index >= 15 is 0 Å². The molecule has 0 aliphatic heterocycles. The van der Waals surface area contributed by atoms with E-state index in [-0.39, 0.29) is 11.7 Å². The van der Waals surface area contributed by atoms with Crippen LogP contribution in [0.2, 0.25) is 0 Å². The van der Waals surface area contributed by atoms with Crippen molar-refractivity contribution in [1.82, 2.24) is 15.5 Å². The normalized spacial score (nSPS) is 12.8. The number of nitrogens with one attached hydrogen (secondary N) is 2. The summed E-state index contributed by atoms with van der Waals surface area (Å²) in [5, 5.41) is 8.20. The first-order valence-corrected chi connectivity index (χ1v) is 5.25. The third kappa shape index (κ3) is 3.62. The van der Waals surface area contributed by atoms with Crippen LogP contribution < -0.4 is 11.1 Å². The van der Waals surface area contributed by atoms with Gasteiger partial charge in [-0.2, -0.15) is 9.49 Å². The highest BCUT2D eigenvalue weighted by atomic mass is 19.1. The van der Waals surface area contributed by atoms with E-state index in [1.165, 1.54) is 0 Å². The number of aromatic nitrogens is 2. The smallest absolute Gasteiger partial charge is 0.271 e. The van der Waals surface area contributed by atoms with E-state index in [4.69, 9.17) is 5.73 Å². The van der Waals surface area contributed by atoms with E-state index in [1.807, 2.05) is 13.8 Å². The highest BCUT2D eigenvalue weighted by molar-refractivity contribution is 5.92. The fourth-order valence-corrected chi connectivity index (χ4v) is 1.19. The van der Waals surface area contributed by atoms with E-state index in [1.54, 1.807) is 0 Å². The molecule has 1 aromatic heterocycles. The van der Waals surface area contributed by atoms with Gasteiger partial charge in [0.05, 0.1) is 0 Å². The van der Waals surface area contributed by atoms with Crippen LogP contribution in [0.5, 0.6) is 0 Å². The lowest BCUT2D eigenvalue weighted by Crippen LogP contribution is -2.33. The number of rotatable bonds is 5. The van der Waals surface area contributed by atoms with Crippen LogP contribution in [0.3, 0.4) is 0 Å². The van der Waals surface area contributed by atoms with Crippen molar-refractivity contribution in [2.75, 3.05) is 6.54 Å². The largest absolute Gasteiger partial charge is 0.351 e. The van der Waals surface area contributed by atoms with Crippen molar-refractivity contribution >= 4 is 5.91 Å². The summed E-state index contributed by atoms with van der Waals surface area (Å²) in [6.45, 7) is 4.51. The van der Waals surface area contributed by atoms with Crippen LogP contribution >= 0.6 is 0 Å². The third-order valence-corrected chi connectivity index (χ3v) is 2.40. The SMILES string of the molecule is CC(C)[C@H](N)CCNC(=O)c1cc(F)[nH]n1. The molecule has 0 saturated carbocycles. The van der Waals surface area contributed by atoms with E-state index in [9.17, 15) is 9.18 Å². The maximum atomic E-state index is 12.5. The van der Waals surface area contributed by atoms with Gasteiger partial charge >= 0.3 is 0 Å². The number of nitrogens with zero attached hydrogens (tertiary/aromatic N) is 1. The Morgan fingerprint density at radius 3 is 2.88 bits per heavy atom. The fourth-order valence-electron chi connectivity index (χ4n) is 1.19. The minimum absolute atomic E-state index is 0.0515. The van der Waals surface area contributed by atoms with Crippen molar-refractivity contribution in [2.24, 2.45) is 11.7 Å². The summed E-state index contributed by atoms with van der Waals surface area (Å²) in [6.07, 6.45) is 0.691. The zero-order valence-electron chi connectivity index (χ0n) is 9.46. The van der Waals surface area contributed by atoms with Gasteiger partial charge in [-0.15, -0.1) is 0 Å². The summed E-state index contributed by atoms with van der Waals surface area (Å²) in [5.74, 6) is -0.639. The molecule has 4 N–H and O–H groups in total. The highest BCUT2D eigenvalue weighted by Crippen LogP contribution is 2.02. The number of carbonyl (C=O) groups is 1. The van der Waals surface area contributed by atoms with Crippen LogP contribution in [0.1, 0.15) is 30.8 Å². The average Bonchev–Trinajstić information content (AvgIpc) is 2.64. The number of amides is 1. The quantitative estimate of drug-likeness (QED) is 0.692. The molecule has 0 bridgehead atoms. The van der Waals surface area contributed by atoms with Crippen LogP contribution in [0.25, 0.3) is 0 Å². The summed E-state index contributed by atoms with van der Waals surface area (Å²) in [6, 6.07) is 1.11. The average molecular weight is 228 g/mol. The van der Waals surface area contributed by atoms with Gasteiger partial charge < -0.3 is 11.1 Å². The van der Waals surface area contributed by atoms with Gasteiger partial charge in [0.1, 0.15) is 0 Å². The molecule has 5 nitrogen and oxygen atoms in total. The topological polar surface area (TPSA) is 83.8 Å². The number of nitrogens with two attached hydrogens (primary N) is 1. The van der Waals surface area contributed by atoms with Gasteiger partial charge in [-0.25, -0.2) is 0 Å². The number of aromatic amines is 1. The Balaban J connectivity index is 2.31. The number of hydrogen-bond acceptors (Lipinski definition) is 3. The molecule has 1 rings (SSSR count). The lowest BCUT2D eigenvalue weighted by molar-refractivity contribution is 0.0947. The van der Waals surface area contributed by atoms with Crippen molar-refractivity contribution < 1.29 is 9.18 Å². The van der Waals surface area contributed by atoms with Crippen LogP contribution in [0, 0.1) is 11.9 Å². The molecule has 0 aliphatic carbocycles. The van der Waals surface area contributed by atoms with Gasteiger partial charge in [0.2, 0.25) is 5.95 Å². The van der Waals surface area contributed by atoms with Gasteiger partial charge in [-0.1, -0.05) is 13.8 Å². The highest BCUT2D eigenvalue weighted by Gasteiger charge is 2.11. The van der Waals surface area contributed by atoms with E-state index < -0.39 is 11.9 Å². The lowest BCUT2D eigenvalue weighted by atomic mass is 10.0. The van der Waals surface area contributed by atoms with Gasteiger partial charge in [0.15, 0.2) is 5.69 Å². The number of carbonyl (C=O) groups excluding carboxylic acids is 1. The maximum Gasteiger partial charge on any atom is 0.271 e. The van der Waals surface area contributed by atoms with Crippen molar-refractivity contribution in [1.29, 1.82) is 0 Å². The Morgan fingerprint density at radius 1 is 1.69 bits per heavy atom. The second-order valence-corrected chi connectivity index (χ2v) is 4.05. The molecular weight excluding hydrogens is 211 g/mol. The standard InChI is InChI=1S/C10H17FN4O/c1-6(2)7(12)3-4-13-10(16)8-5-9(11)15-14-8/h5-7H,3-4,12H2,1-2H3,(H,13,16)(H,14,15)/t7-/m1/s1. The predicted octanol–water partition coefficient (Wildman–Crippen LogP) is 0.652. The molecule has 0 unspecified atom stereocenters. The van der Waals surface area contributed by atoms with Crippen molar-refractivity contribution in [2.45, 2.75) is 26.3 Å². The summed E-state index contributed by atoms with van der Waals surface area (Å²) in [4.78, 5) is 11.4. The second-order valence-electron chi connectivity index (χ2n) is 4.05.